The predicted molar refractivity (Wildman–Crippen MR) is 109 cm³/mol. The number of nitrogens with zero attached hydrogens (tertiary/aromatic N) is 2. The minimum atomic E-state index is -0.241. The molecule has 4 rings (SSSR count). The third kappa shape index (κ3) is 4.01. The number of piperidine rings is 3. The molecule has 0 radical (unpaired) electrons. The molecule has 156 valence electrons. The zero-order valence-corrected chi connectivity index (χ0v) is 17.0. The number of anilines is 1. The van der Waals surface area contributed by atoms with Gasteiger partial charge in [-0.3, -0.25) is 14.4 Å². The molecule has 7 heteroatoms. The van der Waals surface area contributed by atoms with Crippen LogP contribution in [0.1, 0.15) is 48.9 Å². The zero-order chi connectivity index (χ0) is 20.4. The number of ketones is 1. The van der Waals surface area contributed by atoms with Crippen LogP contribution in [0.5, 0.6) is 5.75 Å². The van der Waals surface area contributed by atoms with E-state index in [1.54, 1.807) is 30.2 Å². The maximum atomic E-state index is 13.2. The van der Waals surface area contributed by atoms with Crippen molar-refractivity contribution in [2.45, 2.75) is 38.5 Å². The third-order valence-corrected chi connectivity index (χ3v) is 6.76. The summed E-state index contributed by atoms with van der Waals surface area (Å²) < 4.78 is 5.42. The van der Waals surface area contributed by atoms with Crippen LogP contribution in [0.15, 0.2) is 18.2 Å². The van der Waals surface area contributed by atoms with Gasteiger partial charge >= 0.3 is 0 Å². The molecule has 3 saturated heterocycles. The van der Waals surface area contributed by atoms with Gasteiger partial charge in [-0.05, 0) is 62.4 Å². The number of amides is 2. The highest BCUT2D eigenvalue weighted by atomic mass is 16.5. The average Bonchev–Trinajstić information content (AvgIpc) is 2.74. The van der Waals surface area contributed by atoms with E-state index in [4.69, 9.17) is 4.74 Å². The van der Waals surface area contributed by atoms with Gasteiger partial charge in [0.2, 0.25) is 5.91 Å². The molecule has 0 aromatic heterocycles. The van der Waals surface area contributed by atoms with E-state index in [0.29, 0.717) is 35.4 Å². The molecule has 2 amide bonds. The number of likely N-dealkylation sites (tertiary alicyclic amines) is 1. The predicted octanol–water partition coefficient (Wildman–Crippen LogP) is 2.00. The van der Waals surface area contributed by atoms with Crippen LogP contribution in [0.25, 0.3) is 0 Å². The fraction of sp³-hybridized carbons (Fsp3) is 0.591. The number of hydrogen-bond donors (Lipinski definition) is 1. The molecule has 7 nitrogen and oxygen atoms in total. The number of methoxy groups -OCH3 is 1. The maximum absolute atomic E-state index is 13.2. The molecular weight excluding hydrogens is 370 g/mol. The number of carbonyl (C=O) groups is 3. The summed E-state index contributed by atoms with van der Waals surface area (Å²) in [6.07, 6.45) is 4.72. The molecule has 1 aromatic rings. The van der Waals surface area contributed by atoms with Crippen molar-refractivity contribution in [3.63, 3.8) is 0 Å². The van der Waals surface area contributed by atoms with Gasteiger partial charge in [0, 0.05) is 31.6 Å². The molecular formula is C22H29N3O4. The van der Waals surface area contributed by atoms with Gasteiger partial charge in [0.05, 0.1) is 19.2 Å². The van der Waals surface area contributed by atoms with E-state index in [1.165, 1.54) is 12.8 Å². The normalized spacial score (nSPS) is 22.1. The number of carbonyl (C=O) groups excluding carboxylic acids is 3. The smallest absolute Gasteiger partial charge is 0.253 e. The van der Waals surface area contributed by atoms with Crippen molar-refractivity contribution in [3.8, 4) is 5.75 Å². The highest BCUT2D eigenvalue weighted by Crippen LogP contribution is 2.40. The molecule has 3 heterocycles. The van der Waals surface area contributed by atoms with E-state index < -0.39 is 0 Å². The summed E-state index contributed by atoms with van der Waals surface area (Å²) in [5.74, 6) is 0.252. The molecule has 3 fully saturated rings. The second-order valence-electron chi connectivity index (χ2n) is 8.44. The van der Waals surface area contributed by atoms with Crippen LogP contribution in [0.2, 0.25) is 0 Å². The van der Waals surface area contributed by atoms with Crippen LogP contribution < -0.4 is 15.0 Å². The highest BCUT2D eigenvalue weighted by molar-refractivity contribution is 6.09. The summed E-state index contributed by atoms with van der Waals surface area (Å²) in [5, 5.41) is 3.42. The van der Waals surface area contributed by atoms with Gasteiger partial charge in [-0.15, -0.1) is 0 Å². The standard InChI is InChI=1S/C22H29N3O4/c1-29-19-3-2-16(14-18(19)25-11-4-17(26)15-20(25)27)21(28)24-12-7-22(8-13-24)5-9-23-10-6-22/h2-3,14,23H,4-13,15H2,1H3. The quantitative estimate of drug-likeness (QED) is 0.787. The molecule has 0 aliphatic carbocycles. The average molecular weight is 399 g/mol. The maximum Gasteiger partial charge on any atom is 0.253 e. The molecule has 0 atom stereocenters. The number of nitrogens with one attached hydrogen (secondary N) is 1. The van der Waals surface area contributed by atoms with Crippen molar-refractivity contribution in [1.29, 1.82) is 0 Å². The van der Waals surface area contributed by atoms with Crippen LogP contribution in [-0.2, 0) is 9.59 Å². The Bertz CT molecular complexity index is 806. The number of rotatable bonds is 3. The Hall–Kier alpha value is -2.41. The summed E-state index contributed by atoms with van der Waals surface area (Å²) in [6.45, 7) is 4.02. The molecule has 3 aliphatic rings. The largest absolute Gasteiger partial charge is 0.495 e. The van der Waals surface area contributed by atoms with Crippen molar-refractivity contribution in [1.82, 2.24) is 10.2 Å². The summed E-state index contributed by atoms with van der Waals surface area (Å²) in [4.78, 5) is 40.6. The Morgan fingerprint density at radius 3 is 2.45 bits per heavy atom. The Morgan fingerprint density at radius 1 is 1.07 bits per heavy atom. The molecule has 3 aliphatic heterocycles. The Labute approximate surface area is 171 Å². The number of benzene rings is 1. The third-order valence-electron chi connectivity index (χ3n) is 6.76. The van der Waals surface area contributed by atoms with Crippen molar-refractivity contribution in [2.75, 3.05) is 44.7 Å². The molecule has 29 heavy (non-hydrogen) atoms. The molecule has 1 aromatic carbocycles. The fourth-order valence-corrected chi connectivity index (χ4v) is 4.83. The monoisotopic (exact) mass is 399 g/mol. The Morgan fingerprint density at radius 2 is 1.79 bits per heavy atom. The first-order chi connectivity index (χ1) is 14.0. The number of hydrogen-bond acceptors (Lipinski definition) is 5. The summed E-state index contributed by atoms with van der Waals surface area (Å²) in [5.41, 5.74) is 1.52. The number of ether oxygens (including phenoxy) is 1. The van der Waals surface area contributed by atoms with E-state index in [2.05, 4.69) is 5.32 Å². The second kappa shape index (κ2) is 8.14. The zero-order valence-electron chi connectivity index (χ0n) is 17.0. The van der Waals surface area contributed by atoms with E-state index in [1.807, 2.05) is 4.90 Å². The lowest BCUT2D eigenvalue weighted by Gasteiger charge is -2.44. The molecule has 0 bridgehead atoms. The Kier molecular flexibility index (Phi) is 5.58. The first-order valence-corrected chi connectivity index (χ1v) is 10.5. The molecule has 1 spiro atoms. The highest BCUT2D eigenvalue weighted by Gasteiger charge is 2.37. The first-order valence-electron chi connectivity index (χ1n) is 10.5. The SMILES string of the molecule is COc1ccc(C(=O)N2CCC3(CCNCC3)CC2)cc1N1CCC(=O)CC1=O. The van der Waals surface area contributed by atoms with Crippen LogP contribution in [-0.4, -0.2) is 62.3 Å². The van der Waals surface area contributed by atoms with Crippen molar-refractivity contribution in [2.24, 2.45) is 5.41 Å². The first kappa shape index (κ1) is 19.9. The van der Waals surface area contributed by atoms with Crippen LogP contribution in [0.3, 0.4) is 0 Å². The summed E-state index contributed by atoms with van der Waals surface area (Å²) >= 11 is 0. The van der Waals surface area contributed by atoms with Gasteiger partial charge in [-0.1, -0.05) is 0 Å². The Balaban J connectivity index is 1.50. The summed E-state index contributed by atoms with van der Waals surface area (Å²) in [6, 6.07) is 5.24. The van der Waals surface area contributed by atoms with E-state index in [-0.39, 0.29) is 24.0 Å². The lowest BCUT2D eigenvalue weighted by Crippen LogP contribution is -2.47. The van der Waals surface area contributed by atoms with E-state index in [0.717, 1.165) is 39.0 Å². The lowest BCUT2D eigenvalue weighted by atomic mass is 9.71. The lowest BCUT2D eigenvalue weighted by molar-refractivity contribution is -0.128. The van der Waals surface area contributed by atoms with Gasteiger partial charge < -0.3 is 19.9 Å². The number of Topliss-reactive ketones (excluding diaryl/α,β-unsaturated/α-hetero) is 1. The van der Waals surface area contributed by atoms with Gasteiger partial charge in [-0.25, -0.2) is 0 Å². The molecule has 1 N–H and O–H groups in total. The van der Waals surface area contributed by atoms with Gasteiger partial charge in [0.1, 0.15) is 11.5 Å². The van der Waals surface area contributed by atoms with Crippen molar-refractivity contribution >= 4 is 23.3 Å². The fourth-order valence-electron chi connectivity index (χ4n) is 4.83. The molecule has 0 saturated carbocycles. The van der Waals surface area contributed by atoms with Crippen LogP contribution in [0, 0.1) is 5.41 Å². The summed E-state index contributed by atoms with van der Waals surface area (Å²) in [7, 11) is 1.54. The van der Waals surface area contributed by atoms with Gasteiger partial charge in [0.25, 0.3) is 5.91 Å². The van der Waals surface area contributed by atoms with Crippen LogP contribution >= 0.6 is 0 Å². The van der Waals surface area contributed by atoms with Crippen molar-refractivity contribution < 1.29 is 19.1 Å². The van der Waals surface area contributed by atoms with E-state index in [9.17, 15) is 14.4 Å². The van der Waals surface area contributed by atoms with E-state index >= 15 is 0 Å². The topological polar surface area (TPSA) is 79.0 Å². The minimum Gasteiger partial charge on any atom is -0.495 e. The second-order valence-corrected chi connectivity index (χ2v) is 8.44. The van der Waals surface area contributed by atoms with Crippen LogP contribution in [0.4, 0.5) is 5.69 Å². The van der Waals surface area contributed by atoms with Gasteiger partial charge in [0.15, 0.2) is 0 Å². The molecule has 0 unspecified atom stereocenters. The minimum absolute atomic E-state index is 0.00165. The van der Waals surface area contributed by atoms with Gasteiger partial charge in [-0.2, -0.15) is 0 Å². The van der Waals surface area contributed by atoms with Crippen molar-refractivity contribution in [3.05, 3.63) is 23.8 Å².